The number of rotatable bonds is 2. The molecule has 0 spiro atoms. The average molecular weight is 356 g/mol. The molecule has 2 bridgehead atoms. The predicted molar refractivity (Wildman–Crippen MR) is 102 cm³/mol. The molecule has 3 heterocycles. The molecule has 2 saturated heterocycles. The van der Waals surface area contributed by atoms with Gasteiger partial charge in [0.2, 0.25) is 0 Å². The summed E-state index contributed by atoms with van der Waals surface area (Å²) in [6, 6.07) is 9.24. The van der Waals surface area contributed by atoms with Gasteiger partial charge in [0.1, 0.15) is 0 Å². The van der Waals surface area contributed by atoms with Gasteiger partial charge in [-0.3, -0.25) is 9.69 Å². The summed E-state index contributed by atoms with van der Waals surface area (Å²) in [7, 11) is 2.21. The van der Waals surface area contributed by atoms with Gasteiger partial charge in [-0.2, -0.15) is 0 Å². The molecule has 0 saturated carbocycles. The lowest BCUT2D eigenvalue weighted by atomic mass is 10.1. The fourth-order valence-corrected chi connectivity index (χ4v) is 5.16. The van der Waals surface area contributed by atoms with Crippen LogP contribution < -0.4 is 0 Å². The van der Waals surface area contributed by atoms with Crippen molar-refractivity contribution in [3.63, 3.8) is 0 Å². The molecule has 5 heteroatoms. The van der Waals surface area contributed by atoms with Gasteiger partial charge in [-0.1, -0.05) is 12.1 Å². The second-order valence-corrected chi connectivity index (χ2v) is 8.52. The molecule has 4 rings (SSSR count). The number of fused-ring (bicyclic) bond motifs is 2. The fourth-order valence-electron chi connectivity index (χ4n) is 4.24. The van der Waals surface area contributed by atoms with Crippen LogP contribution in [0, 0.1) is 13.8 Å². The Morgan fingerprint density at radius 3 is 2.52 bits per heavy atom. The predicted octanol–water partition coefficient (Wildman–Crippen LogP) is 3.74. The first-order chi connectivity index (χ1) is 12.0. The van der Waals surface area contributed by atoms with Crippen molar-refractivity contribution in [1.29, 1.82) is 0 Å². The quantitative estimate of drug-likeness (QED) is 0.823. The number of amides is 1. The molecule has 25 heavy (non-hydrogen) atoms. The largest absolute Gasteiger partial charge is 0.337 e. The van der Waals surface area contributed by atoms with Crippen LogP contribution in [0.4, 0.5) is 0 Å². The normalized spacial score (nSPS) is 23.7. The number of hydrogen-bond donors (Lipinski definition) is 0. The molecule has 1 aromatic carbocycles. The van der Waals surface area contributed by atoms with Gasteiger partial charge in [0.15, 0.2) is 0 Å². The summed E-state index contributed by atoms with van der Waals surface area (Å²) in [6.07, 6.45) is 3.59. The summed E-state index contributed by atoms with van der Waals surface area (Å²) in [5, 5.41) is 1.08. The van der Waals surface area contributed by atoms with E-state index in [4.69, 9.17) is 0 Å². The van der Waals surface area contributed by atoms with Crippen molar-refractivity contribution in [3.8, 4) is 10.4 Å². The molecular formula is C20H25N3OS. The zero-order valence-electron chi connectivity index (χ0n) is 15.2. The number of likely N-dealkylation sites (tertiary alicyclic amines) is 1. The van der Waals surface area contributed by atoms with Crippen LogP contribution in [0.25, 0.3) is 10.4 Å². The maximum Gasteiger partial charge on any atom is 0.253 e. The highest BCUT2D eigenvalue weighted by Crippen LogP contribution is 2.31. The third kappa shape index (κ3) is 3.11. The van der Waals surface area contributed by atoms with Crippen LogP contribution in [0.2, 0.25) is 0 Å². The summed E-state index contributed by atoms with van der Waals surface area (Å²) < 4.78 is 0. The SMILES string of the molecule is Cc1nc(C)c(-c2ccc(C(=O)N3CC[C@@H]4CC[C@H](C3)N4C)cc2)s1. The van der Waals surface area contributed by atoms with Gasteiger partial charge in [0, 0.05) is 30.7 Å². The maximum absolute atomic E-state index is 13.0. The molecular weight excluding hydrogens is 330 g/mol. The van der Waals surface area contributed by atoms with Crippen LogP contribution in [-0.4, -0.2) is 52.9 Å². The number of likely N-dealkylation sites (N-methyl/N-ethyl adjacent to an activating group) is 1. The van der Waals surface area contributed by atoms with E-state index in [1.54, 1.807) is 11.3 Å². The van der Waals surface area contributed by atoms with Crippen LogP contribution in [0.15, 0.2) is 24.3 Å². The van der Waals surface area contributed by atoms with Gasteiger partial charge in [0.25, 0.3) is 5.91 Å². The van der Waals surface area contributed by atoms with Gasteiger partial charge >= 0.3 is 0 Å². The minimum Gasteiger partial charge on any atom is -0.337 e. The first kappa shape index (κ1) is 16.7. The zero-order valence-corrected chi connectivity index (χ0v) is 16.0. The summed E-state index contributed by atoms with van der Waals surface area (Å²) in [4.78, 5) is 23.2. The van der Waals surface area contributed by atoms with Crippen LogP contribution in [0.3, 0.4) is 0 Å². The van der Waals surface area contributed by atoms with Crippen LogP contribution in [0.1, 0.15) is 40.3 Å². The minimum atomic E-state index is 0.171. The minimum absolute atomic E-state index is 0.171. The van der Waals surface area contributed by atoms with Crippen molar-refractivity contribution in [2.45, 2.75) is 45.2 Å². The number of aryl methyl sites for hydroxylation is 2. The van der Waals surface area contributed by atoms with Gasteiger partial charge in [-0.25, -0.2) is 4.98 Å². The molecule has 132 valence electrons. The van der Waals surface area contributed by atoms with Gasteiger partial charge in [-0.15, -0.1) is 11.3 Å². The summed E-state index contributed by atoms with van der Waals surface area (Å²) in [5.41, 5.74) is 3.01. The van der Waals surface area contributed by atoms with Crippen LogP contribution >= 0.6 is 11.3 Å². The molecule has 2 aliphatic rings. The van der Waals surface area contributed by atoms with Crippen molar-refractivity contribution in [2.24, 2.45) is 0 Å². The average Bonchev–Trinajstić information content (AvgIpc) is 3.05. The van der Waals surface area contributed by atoms with E-state index in [2.05, 4.69) is 34.0 Å². The Hall–Kier alpha value is -1.72. The van der Waals surface area contributed by atoms with E-state index in [0.29, 0.717) is 12.1 Å². The van der Waals surface area contributed by atoms with Crippen LogP contribution in [0.5, 0.6) is 0 Å². The molecule has 1 aromatic heterocycles. The monoisotopic (exact) mass is 355 g/mol. The number of nitrogens with zero attached hydrogens (tertiary/aromatic N) is 3. The highest BCUT2D eigenvalue weighted by molar-refractivity contribution is 7.15. The second kappa shape index (κ2) is 6.54. The standard InChI is InChI=1S/C20H25N3OS/c1-13-19(25-14(2)21-13)15-4-6-16(7-5-15)20(24)23-11-10-17-8-9-18(12-23)22(17)3/h4-7,17-18H,8-12H2,1-3H3/t17-,18+/m0/s1. The van der Waals surface area contributed by atoms with Crippen molar-refractivity contribution < 1.29 is 4.79 Å². The number of hydrogen-bond acceptors (Lipinski definition) is 4. The number of aromatic nitrogens is 1. The zero-order chi connectivity index (χ0) is 17.6. The van der Waals surface area contributed by atoms with Gasteiger partial charge in [0.05, 0.1) is 15.6 Å². The van der Waals surface area contributed by atoms with E-state index in [1.807, 2.05) is 26.0 Å². The highest BCUT2D eigenvalue weighted by atomic mass is 32.1. The molecule has 2 atom stereocenters. The third-order valence-electron chi connectivity index (χ3n) is 5.73. The van der Waals surface area contributed by atoms with Crippen molar-refractivity contribution in [3.05, 3.63) is 40.5 Å². The van der Waals surface area contributed by atoms with E-state index in [1.165, 1.54) is 17.7 Å². The van der Waals surface area contributed by atoms with E-state index >= 15 is 0 Å². The highest BCUT2D eigenvalue weighted by Gasteiger charge is 2.36. The molecule has 0 aliphatic carbocycles. The van der Waals surface area contributed by atoms with Crippen molar-refractivity contribution in [1.82, 2.24) is 14.8 Å². The molecule has 1 amide bonds. The molecule has 2 aromatic rings. The molecule has 0 radical (unpaired) electrons. The lowest BCUT2D eigenvalue weighted by Gasteiger charge is -2.26. The van der Waals surface area contributed by atoms with E-state index < -0.39 is 0 Å². The number of carbonyl (C=O) groups is 1. The van der Waals surface area contributed by atoms with Crippen LogP contribution in [-0.2, 0) is 0 Å². The topological polar surface area (TPSA) is 36.4 Å². The Morgan fingerprint density at radius 2 is 1.84 bits per heavy atom. The van der Waals surface area contributed by atoms with E-state index in [0.717, 1.165) is 41.3 Å². The second-order valence-electron chi connectivity index (χ2n) is 7.32. The van der Waals surface area contributed by atoms with E-state index in [-0.39, 0.29) is 5.91 Å². The Morgan fingerprint density at radius 1 is 1.12 bits per heavy atom. The lowest BCUT2D eigenvalue weighted by molar-refractivity contribution is 0.0740. The lowest BCUT2D eigenvalue weighted by Crippen LogP contribution is -2.39. The van der Waals surface area contributed by atoms with Crippen molar-refractivity contribution in [2.75, 3.05) is 20.1 Å². The van der Waals surface area contributed by atoms with Gasteiger partial charge < -0.3 is 4.90 Å². The molecule has 4 nitrogen and oxygen atoms in total. The number of carbonyl (C=O) groups excluding carboxylic acids is 1. The smallest absolute Gasteiger partial charge is 0.253 e. The Labute approximate surface area is 153 Å². The molecule has 2 fully saturated rings. The molecule has 0 N–H and O–H groups in total. The molecule has 0 unspecified atom stereocenters. The number of benzene rings is 1. The Bertz CT molecular complexity index is 783. The first-order valence-corrected chi connectivity index (χ1v) is 9.90. The summed E-state index contributed by atoms with van der Waals surface area (Å²) >= 11 is 1.71. The third-order valence-corrected chi connectivity index (χ3v) is 6.86. The summed E-state index contributed by atoms with van der Waals surface area (Å²) in [5.74, 6) is 0.171. The molecule has 2 aliphatic heterocycles. The maximum atomic E-state index is 13.0. The Kier molecular flexibility index (Phi) is 4.38. The van der Waals surface area contributed by atoms with Crippen molar-refractivity contribution >= 4 is 17.2 Å². The summed E-state index contributed by atoms with van der Waals surface area (Å²) in [6.45, 7) is 5.81. The Balaban J connectivity index is 1.52. The van der Waals surface area contributed by atoms with Gasteiger partial charge in [-0.05, 0) is 57.9 Å². The number of thiazole rings is 1. The first-order valence-electron chi connectivity index (χ1n) is 9.08. The fraction of sp³-hybridized carbons (Fsp3) is 0.500. The van der Waals surface area contributed by atoms with E-state index in [9.17, 15) is 4.79 Å².